The summed E-state index contributed by atoms with van der Waals surface area (Å²) >= 11 is 0. The number of unbranched alkanes of at least 4 members (excludes halogenated alkanes) is 2. The van der Waals surface area contributed by atoms with Gasteiger partial charge in [-0.25, -0.2) is 0 Å². The number of hydrogen-bond acceptors (Lipinski definition) is 1. The van der Waals surface area contributed by atoms with E-state index >= 15 is 0 Å². The summed E-state index contributed by atoms with van der Waals surface area (Å²) in [5, 5.41) is 0. The van der Waals surface area contributed by atoms with Crippen LogP contribution >= 0.6 is 0 Å². The van der Waals surface area contributed by atoms with E-state index in [1.165, 1.54) is 47.9 Å². The molecule has 0 bridgehead atoms. The summed E-state index contributed by atoms with van der Waals surface area (Å²) in [5.41, 5.74) is 12.8. The zero-order valence-corrected chi connectivity index (χ0v) is 12.2. The van der Waals surface area contributed by atoms with Crippen LogP contribution in [-0.2, 0) is 6.42 Å². The largest absolute Gasteiger partial charge is 0.399 e. The molecule has 1 aliphatic carbocycles. The lowest BCUT2D eigenvalue weighted by atomic mass is 9.76. The molecule has 1 unspecified atom stereocenters. The van der Waals surface area contributed by atoms with Crippen LogP contribution in [0.5, 0.6) is 0 Å². The average molecular weight is 265 g/mol. The van der Waals surface area contributed by atoms with Gasteiger partial charge in [0.05, 0.1) is 0 Å². The summed E-state index contributed by atoms with van der Waals surface area (Å²) in [6.07, 6.45) is 6.19. The molecule has 2 aromatic carbocycles. The minimum Gasteiger partial charge on any atom is -0.399 e. The molecule has 0 aliphatic heterocycles. The summed E-state index contributed by atoms with van der Waals surface area (Å²) in [6, 6.07) is 15.4. The van der Waals surface area contributed by atoms with E-state index in [1.807, 2.05) is 0 Å². The predicted molar refractivity (Wildman–Crippen MR) is 86.1 cm³/mol. The van der Waals surface area contributed by atoms with Crippen LogP contribution < -0.4 is 5.73 Å². The van der Waals surface area contributed by atoms with Gasteiger partial charge in [-0.2, -0.15) is 0 Å². The van der Waals surface area contributed by atoms with Crippen molar-refractivity contribution in [1.82, 2.24) is 0 Å². The Morgan fingerprint density at radius 3 is 2.65 bits per heavy atom. The highest BCUT2D eigenvalue weighted by atomic mass is 14.5. The first-order valence-electron chi connectivity index (χ1n) is 7.75. The van der Waals surface area contributed by atoms with E-state index in [4.69, 9.17) is 5.73 Å². The molecular weight excluding hydrogens is 242 g/mol. The molecule has 0 heterocycles. The van der Waals surface area contributed by atoms with Crippen molar-refractivity contribution in [3.05, 3.63) is 64.7 Å². The molecule has 3 rings (SSSR count). The number of anilines is 1. The maximum absolute atomic E-state index is 5.97. The van der Waals surface area contributed by atoms with Gasteiger partial charge in [-0.15, -0.1) is 0 Å². The molecule has 1 nitrogen and oxygen atoms in total. The number of nitrogens with two attached hydrogens (primary N) is 1. The minimum absolute atomic E-state index is 0.557. The van der Waals surface area contributed by atoms with Gasteiger partial charge in [0.1, 0.15) is 0 Å². The SMILES string of the molecule is CCCCCC1c2ccccc2Cc2cc(N)ccc21. The van der Waals surface area contributed by atoms with Crippen LogP contribution in [0.2, 0.25) is 0 Å². The van der Waals surface area contributed by atoms with Crippen LogP contribution in [-0.4, -0.2) is 0 Å². The van der Waals surface area contributed by atoms with Crippen LogP contribution in [0, 0.1) is 0 Å². The molecule has 2 N–H and O–H groups in total. The Hall–Kier alpha value is -1.76. The maximum Gasteiger partial charge on any atom is 0.0317 e. The topological polar surface area (TPSA) is 26.0 Å². The second-order valence-electron chi connectivity index (χ2n) is 5.88. The van der Waals surface area contributed by atoms with Gasteiger partial charge in [-0.1, -0.05) is 56.5 Å². The number of rotatable bonds is 4. The smallest absolute Gasteiger partial charge is 0.0317 e. The quantitative estimate of drug-likeness (QED) is 0.618. The second kappa shape index (κ2) is 5.70. The van der Waals surface area contributed by atoms with Crippen molar-refractivity contribution in [3.8, 4) is 0 Å². The van der Waals surface area contributed by atoms with Crippen LogP contribution in [0.25, 0.3) is 0 Å². The number of fused-ring (bicyclic) bond motifs is 2. The molecule has 0 fully saturated rings. The summed E-state index contributed by atoms with van der Waals surface area (Å²) in [6.45, 7) is 2.27. The average Bonchev–Trinajstić information content (AvgIpc) is 2.46. The van der Waals surface area contributed by atoms with Crippen molar-refractivity contribution in [2.45, 2.75) is 44.9 Å². The van der Waals surface area contributed by atoms with Crippen molar-refractivity contribution in [2.24, 2.45) is 0 Å². The lowest BCUT2D eigenvalue weighted by Gasteiger charge is -2.29. The van der Waals surface area contributed by atoms with E-state index in [9.17, 15) is 0 Å². The number of benzene rings is 2. The summed E-state index contributed by atoms with van der Waals surface area (Å²) < 4.78 is 0. The van der Waals surface area contributed by atoms with Gasteiger partial charge in [0.2, 0.25) is 0 Å². The lowest BCUT2D eigenvalue weighted by molar-refractivity contribution is 0.607. The van der Waals surface area contributed by atoms with E-state index in [0.29, 0.717) is 5.92 Å². The fraction of sp³-hybridized carbons (Fsp3) is 0.368. The molecule has 0 amide bonds. The first-order chi connectivity index (χ1) is 9.79. The summed E-state index contributed by atoms with van der Waals surface area (Å²) in [7, 11) is 0. The van der Waals surface area contributed by atoms with Gasteiger partial charge < -0.3 is 5.73 Å². The monoisotopic (exact) mass is 265 g/mol. The zero-order chi connectivity index (χ0) is 13.9. The highest BCUT2D eigenvalue weighted by Gasteiger charge is 2.24. The Balaban J connectivity index is 1.99. The summed E-state index contributed by atoms with van der Waals surface area (Å²) in [5.74, 6) is 0.557. The van der Waals surface area contributed by atoms with Gasteiger partial charge in [-0.3, -0.25) is 0 Å². The molecule has 0 spiro atoms. The third-order valence-corrected chi connectivity index (χ3v) is 4.45. The highest BCUT2D eigenvalue weighted by Crippen LogP contribution is 2.40. The van der Waals surface area contributed by atoms with E-state index in [1.54, 1.807) is 0 Å². The number of hydrogen-bond donors (Lipinski definition) is 1. The van der Waals surface area contributed by atoms with E-state index in [0.717, 1.165) is 12.1 Å². The maximum atomic E-state index is 5.97. The van der Waals surface area contributed by atoms with E-state index < -0.39 is 0 Å². The molecule has 1 aliphatic rings. The Morgan fingerprint density at radius 2 is 1.80 bits per heavy atom. The third kappa shape index (κ3) is 2.45. The molecular formula is C19H23N. The van der Waals surface area contributed by atoms with Crippen molar-refractivity contribution >= 4 is 5.69 Å². The van der Waals surface area contributed by atoms with Crippen molar-refractivity contribution in [3.63, 3.8) is 0 Å². The molecule has 20 heavy (non-hydrogen) atoms. The molecule has 0 radical (unpaired) electrons. The van der Waals surface area contributed by atoms with Gasteiger partial charge >= 0.3 is 0 Å². The zero-order valence-electron chi connectivity index (χ0n) is 12.2. The van der Waals surface area contributed by atoms with Crippen LogP contribution in [0.15, 0.2) is 42.5 Å². The summed E-state index contributed by atoms with van der Waals surface area (Å²) in [4.78, 5) is 0. The first kappa shape index (κ1) is 13.2. The fourth-order valence-corrected chi connectivity index (χ4v) is 3.44. The normalized spacial score (nSPS) is 16.6. The Kier molecular flexibility index (Phi) is 3.77. The molecule has 0 aromatic heterocycles. The first-order valence-corrected chi connectivity index (χ1v) is 7.75. The van der Waals surface area contributed by atoms with Crippen molar-refractivity contribution < 1.29 is 0 Å². The van der Waals surface area contributed by atoms with Gasteiger partial charge in [0.25, 0.3) is 0 Å². The molecule has 0 saturated carbocycles. The standard InChI is InChI=1S/C19H23N/c1-2-3-4-9-19-17-8-6-5-7-14(17)12-15-13-16(20)10-11-18(15)19/h5-8,10-11,13,19H,2-4,9,12,20H2,1H3. The van der Waals surface area contributed by atoms with Gasteiger partial charge in [0, 0.05) is 11.6 Å². The van der Waals surface area contributed by atoms with Gasteiger partial charge in [0.15, 0.2) is 0 Å². The molecule has 104 valence electrons. The molecule has 2 aromatic rings. The third-order valence-electron chi connectivity index (χ3n) is 4.45. The van der Waals surface area contributed by atoms with Crippen LogP contribution in [0.3, 0.4) is 0 Å². The van der Waals surface area contributed by atoms with E-state index in [2.05, 4.69) is 49.4 Å². The Labute approximate surface area is 121 Å². The Bertz CT molecular complexity index is 600. The van der Waals surface area contributed by atoms with Crippen molar-refractivity contribution in [1.29, 1.82) is 0 Å². The number of nitrogen functional groups attached to an aromatic ring is 1. The molecule has 1 atom stereocenters. The predicted octanol–water partition coefficient (Wildman–Crippen LogP) is 4.89. The highest BCUT2D eigenvalue weighted by molar-refractivity contribution is 5.54. The minimum atomic E-state index is 0.557. The Morgan fingerprint density at radius 1 is 1.00 bits per heavy atom. The second-order valence-corrected chi connectivity index (χ2v) is 5.88. The van der Waals surface area contributed by atoms with Crippen LogP contribution in [0.1, 0.15) is 60.8 Å². The van der Waals surface area contributed by atoms with E-state index in [-0.39, 0.29) is 0 Å². The fourth-order valence-electron chi connectivity index (χ4n) is 3.44. The lowest BCUT2D eigenvalue weighted by Crippen LogP contribution is -2.14. The van der Waals surface area contributed by atoms with Crippen LogP contribution in [0.4, 0.5) is 5.69 Å². The molecule has 1 heteroatoms. The van der Waals surface area contributed by atoms with Gasteiger partial charge in [-0.05, 0) is 47.2 Å². The van der Waals surface area contributed by atoms with Crippen molar-refractivity contribution in [2.75, 3.05) is 5.73 Å². The molecule has 0 saturated heterocycles.